The van der Waals surface area contributed by atoms with E-state index >= 15 is 0 Å². The van der Waals surface area contributed by atoms with Gasteiger partial charge in [0, 0.05) is 15.7 Å². The van der Waals surface area contributed by atoms with Gasteiger partial charge in [0.1, 0.15) is 0 Å². The Hall–Kier alpha value is -0.380. The molecule has 1 saturated carbocycles. The summed E-state index contributed by atoms with van der Waals surface area (Å²) >= 11 is 13.5. The fourth-order valence-corrected chi connectivity index (χ4v) is 3.48. The largest absolute Gasteiger partial charge is 0.481 e. The molecule has 2 nitrogen and oxygen atoms in total. The van der Waals surface area contributed by atoms with Crippen LogP contribution in [0.25, 0.3) is 0 Å². The van der Waals surface area contributed by atoms with Crippen LogP contribution in [0.3, 0.4) is 0 Å². The Morgan fingerprint density at radius 1 is 1.41 bits per heavy atom. The molecule has 0 heterocycles. The van der Waals surface area contributed by atoms with Crippen LogP contribution < -0.4 is 0 Å². The Labute approximate surface area is 114 Å². The van der Waals surface area contributed by atoms with E-state index in [4.69, 9.17) is 28.3 Å². The van der Waals surface area contributed by atoms with Crippen molar-refractivity contribution in [1.82, 2.24) is 0 Å². The molecule has 0 amide bonds. The van der Waals surface area contributed by atoms with Crippen LogP contribution in [0.2, 0.25) is 10.0 Å². The van der Waals surface area contributed by atoms with Gasteiger partial charge in [-0.1, -0.05) is 23.2 Å². The third kappa shape index (κ3) is 3.54. The van der Waals surface area contributed by atoms with Crippen molar-refractivity contribution in [3.63, 3.8) is 0 Å². The van der Waals surface area contributed by atoms with Crippen LogP contribution in [0.1, 0.15) is 19.3 Å². The van der Waals surface area contributed by atoms with Crippen molar-refractivity contribution >= 4 is 40.9 Å². The first-order chi connectivity index (χ1) is 8.01. The Morgan fingerprint density at radius 2 is 2.12 bits per heavy atom. The lowest BCUT2D eigenvalue weighted by atomic mass is 10.1. The van der Waals surface area contributed by atoms with Gasteiger partial charge >= 0.3 is 5.97 Å². The van der Waals surface area contributed by atoms with Crippen molar-refractivity contribution in [2.75, 3.05) is 5.75 Å². The van der Waals surface area contributed by atoms with E-state index in [0.29, 0.717) is 10.0 Å². The average Bonchev–Trinajstić information content (AvgIpc) is 2.99. The minimum Gasteiger partial charge on any atom is -0.481 e. The predicted octanol–water partition coefficient (Wildman–Crippen LogP) is 4.34. The molecule has 1 aliphatic carbocycles. The second-order valence-electron chi connectivity index (χ2n) is 4.43. The van der Waals surface area contributed by atoms with E-state index in [2.05, 4.69) is 0 Å². The zero-order valence-electron chi connectivity index (χ0n) is 9.08. The molecule has 0 atom stereocenters. The molecule has 2 rings (SSSR count). The Kier molecular flexibility index (Phi) is 3.91. The van der Waals surface area contributed by atoms with Crippen molar-refractivity contribution in [2.45, 2.75) is 24.2 Å². The van der Waals surface area contributed by atoms with E-state index in [9.17, 15) is 4.79 Å². The van der Waals surface area contributed by atoms with Gasteiger partial charge in [-0.3, -0.25) is 4.79 Å². The van der Waals surface area contributed by atoms with E-state index in [1.807, 2.05) is 6.07 Å². The van der Waals surface area contributed by atoms with Gasteiger partial charge in [0.2, 0.25) is 0 Å². The average molecular weight is 291 g/mol. The molecular formula is C12H12Cl2O2S. The monoisotopic (exact) mass is 290 g/mol. The summed E-state index contributed by atoms with van der Waals surface area (Å²) in [5.74, 6) is 0.0691. The molecule has 0 saturated heterocycles. The molecule has 17 heavy (non-hydrogen) atoms. The SMILES string of the molecule is O=C(O)CC1(CSc2cc(Cl)ccc2Cl)CC1. The second kappa shape index (κ2) is 5.09. The summed E-state index contributed by atoms with van der Waals surface area (Å²) in [5.41, 5.74) is -0.0256. The highest BCUT2D eigenvalue weighted by Gasteiger charge is 2.44. The molecule has 92 valence electrons. The maximum Gasteiger partial charge on any atom is 0.303 e. The lowest BCUT2D eigenvalue weighted by Crippen LogP contribution is -2.10. The number of benzene rings is 1. The number of carboxylic acid groups (broad SMARTS) is 1. The summed E-state index contributed by atoms with van der Waals surface area (Å²) in [4.78, 5) is 11.7. The highest BCUT2D eigenvalue weighted by atomic mass is 35.5. The summed E-state index contributed by atoms with van der Waals surface area (Å²) in [5, 5.41) is 10.2. The molecule has 0 spiro atoms. The number of hydrogen-bond donors (Lipinski definition) is 1. The minimum atomic E-state index is -0.722. The molecule has 1 aliphatic rings. The number of thioether (sulfide) groups is 1. The molecule has 0 bridgehead atoms. The Balaban J connectivity index is 1.98. The van der Waals surface area contributed by atoms with Gasteiger partial charge < -0.3 is 5.11 Å². The fourth-order valence-electron chi connectivity index (χ4n) is 1.69. The van der Waals surface area contributed by atoms with E-state index in [1.165, 1.54) is 0 Å². The van der Waals surface area contributed by atoms with E-state index in [-0.39, 0.29) is 11.8 Å². The van der Waals surface area contributed by atoms with Crippen molar-refractivity contribution in [2.24, 2.45) is 5.41 Å². The molecule has 1 aromatic carbocycles. The van der Waals surface area contributed by atoms with Crippen molar-refractivity contribution in [3.05, 3.63) is 28.2 Å². The van der Waals surface area contributed by atoms with E-state index < -0.39 is 5.97 Å². The molecular weight excluding hydrogens is 279 g/mol. The first-order valence-corrected chi connectivity index (χ1v) is 7.05. The zero-order chi connectivity index (χ0) is 12.5. The number of carboxylic acids is 1. The van der Waals surface area contributed by atoms with Gasteiger partial charge in [0.25, 0.3) is 0 Å². The van der Waals surface area contributed by atoms with Crippen LogP contribution in [-0.2, 0) is 4.79 Å². The summed E-state index contributed by atoms with van der Waals surface area (Å²) < 4.78 is 0. The van der Waals surface area contributed by atoms with Gasteiger partial charge in [-0.15, -0.1) is 11.8 Å². The van der Waals surface area contributed by atoms with Gasteiger partial charge in [0.15, 0.2) is 0 Å². The number of hydrogen-bond acceptors (Lipinski definition) is 2. The summed E-state index contributed by atoms with van der Waals surface area (Å²) in [6, 6.07) is 5.34. The standard InChI is InChI=1S/C12H12Cl2O2S/c13-8-1-2-9(14)10(5-8)17-7-12(3-4-12)6-11(15)16/h1-2,5H,3-4,6-7H2,(H,15,16). The van der Waals surface area contributed by atoms with Gasteiger partial charge in [-0.25, -0.2) is 0 Å². The van der Waals surface area contributed by atoms with Crippen LogP contribution >= 0.6 is 35.0 Å². The predicted molar refractivity (Wildman–Crippen MR) is 71.1 cm³/mol. The minimum absolute atomic E-state index is 0.0256. The van der Waals surface area contributed by atoms with Crippen molar-refractivity contribution < 1.29 is 9.90 Å². The first-order valence-electron chi connectivity index (χ1n) is 5.30. The smallest absolute Gasteiger partial charge is 0.303 e. The molecule has 0 unspecified atom stereocenters. The van der Waals surface area contributed by atoms with Gasteiger partial charge in [0.05, 0.1) is 11.4 Å². The summed E-state index contributed by atoms with van der Waals surface area (Å²) in [7, 11) is 0. The zero-order valence-corrected chi connectivity index (χ0v) is 11.4. The maximum atomic E-state index is 10.7. The Bertz CT molecular complexity index is 444. The van der Waals surface area contributed by atoms with E-state index in [0.717, 1.165) is 23.5 Å². The quantitative estimate of drug-likeness (QED) is 0.820. The summed E-state index contributed by atoms with van der Waals surface area (Å²) in [6.45, 7) is 0. The van der Waals surface area contributed by atoms with Crippen LogP contribution in [0.5, 0.6) is 0 Å². The van der Waals surface area contributed by atoms with Crippen LogP contribution in [0.4, 0.5) is 0 Å². The molecule has 1 N–H and O–H groups in total. The number of rotatable bonds is 5. The van der Waals surface area contributed by atoms with Gasteiger partial charge in [-0.05, 0) is 36.5 Å². The van der Waals surface area contributed by atoms with Crippen LogP contribution in [0, 0.1) is 5.41 Å². The molecule has 5 heteroatoms. The van der Waals surface area contributed by atoms with Crippen molar-refractivity contribution in [3.8, 4) is 0 Å². The highest BCUT2D eigenvalue weighted by Crippen LogP contribution is 2.52. The topological polar surface area (TPSA) is 37.3 Å². The Morgan fingerprint density at radius 3 is 2.71 bits per heavy atom. The molecule has 1 aromatic rings. The maximum absolute atomic E-state index is 10.7. The lowest BCUT2D eigenvalue weighted by molar-refractivity contribution is -0.138. The van der Waals surface area contributed by atoms with E-state index in [1.54, 1.807) is 23.9 Å². The molecule has 1 fully saturated rings. The number of aliphatic carboxylic acids is 1. The highest BCUT2D eigenvalue weighted by molar-refractivity contribution is 7.99. The van der Waals surface area contributed by atoms with Crippen LogP contribution in [0.15, 0.2) is 23.1 Å². The molecule has 0 aliphatic heterocycles. The summed E-state index contributed by atoms with van der Waals surface area (Å²) in [6.07, 6.45) is 2.23. The third-order valence-corrected chi connectivity index (χ3v) is 4.99. The normalized spacial score (nSPS) is 16.8. The first kappa shape index (κ1) is 13.1. The fraction of sp³-hybridized carbons (Fsp3) is 0.417. The second-order valence-corrected chi connectivity index (χ2v) is 6.29. The van der Waals surface area contributed by atoms with Crippen molar-refractivity contribution in [1.29, 1.82) is 0 Å². The van der Waals surface area contributed by atoms with Crippen LogP contribution in [-0.4, -0.2) is 16.8 Å². The number of halogens is 2. The van der Waals surface area contributed by atoms with Gasteiger partial charge in [-0.2, -0.15) is 0 Å². The molecule has 0 radical (unpaired) electrons. The third-order valence-electron chi connectivity index (χ3n) is 2.91. The number of carbonyl (C=O) groups is 1. The molecule has 0 aromatic heterocycles. The lowest BCUT2D eigenvalue weighted by Gasteiger charge is -2.12.